The van der Waals surface area contributed by atoms with Crippen molar-refractivity contribution in [3.63, 3.8) is 0 Å². The van der Waals surface area contributed by atoms with E-state index < -0.39 is 32.8 Å². The van der Waals surface area contributed by atoms with Gasteiger partial charge in [-0.15, -0.1) is 0 Å². The van der Waals surface area contributed by atoms with E-state index >= 15 is 4.39 Å². The molecule has 1 aliphatic heterocycles. The second-order valence-electron chi connectivity index (χ2n) is 8.04. The van der Waals surface area contributed by atoms with E-state index in [1.807, 2.05) is 0 Å². The molecule has 0 amide bonds. The Morgan fingerprint density at radius 2 is 1.97 bits per heavy atom. The molecule has 4 rings (SSSR count). The van der Waals surface area contributed by atoms with Gasteiger partial charge < -0.3 is 20.3 Å². The lowest BCUT2D eigenvalue weighted by atomic mass is 10.1. The fourth-order valence-corrected chi connectivity index (χ4v) is 4.49. The van der Waals surface area contributed by atoms with Crippen LogP contribution in [0.5, 0.6) is 0 Å². The van der Waals surface area contributed by atoms with Crippen LogP contribution in [0.1, 0.15) is 22.3 Å². The summed E-state index contributed by atoms with van der Waals surface area (Å²) in [6.07, 6.45) is 2.82. The highest BCUT2D eigenvalue weighted by atomic mass is 32.2. The number of aryl methyl sites for hydroxylation is 1. The van der Waals surface area contributed by atoms with Crippen molar-refractivity contribution >= 4 is 38.5 Å². The first-order valence-electron chi connectivity index (χ1n) is 10.0. The number of pyridine rings is 2. The molecule has 1 saturated heterocycles. The number of rotatable bonds is 5. The fourth-order valence-electron chi connectivity index (χ4n) is 3.92. The van der Waals surface area contributed by atoms with Gasteiger partial charge in [0.25, 0.3) is 0 Å². The van der Waals surface area contributed by atoms with E-state index in [0.717, 1.165) is 12.5 Å². The third kappa shape index (κ3) is 4.26. The van der Waals surface area contributed by atoms with E-state index in [-0.39, 0.29) is 28.5 Å². The Hall–Kier alpha value is -3.51. The molecule has 0 aliphatic carbocycles. The first-order valence-corrected chi connectivity index (χ1v) is 11.9. The van der Waals surface area contributed by atoms with Gasteiger partial charge in [-0.2, -0.15) is 0 Å². The van der Waals surface area contributed by atoms with Gasteiger partial charge in [0.05, 0.1) is 11.6 Å². The lowest BCUT2D eigenvalue weighted by molar-refractivity contribution is 0.0695. The first-order chi connectivity index (χ1) is 15.5. The molecule has 0 saturated carbocycles. The average Bonchev–Trinajstić information content (AvgIpc) is 3.16. The number of aromatic nitrogens is 2. The molecule has 1 atom stereocenters. The smallest absolute Gasteiger partial charge is 0.341 e. The number of aromatic carboxylic acids is 1. The summed E-state index contributed by atoms with van der Waals surface area (Å²) in [5.41, 5.74) is 5.37. The molecule has 10 nitrogen and oxygen atoms in total. The number of nitrogens with one attached hydrogen (secondary N) is 1. The van der Waals surface area contributed by atoms with Gasteiger partial charge in [-0.05, 0) is 37.6 Å². The Labute approximate surface area is 188 Å². The summed E-state index contributed by atoms with van der Waals surface area (Å²) < 4.78 is 41.9. The number of sulfonamides is 1. The Bertz CT molecular complexity index is 1440. The van der Waals surface area contributed by atoms with Gasteiger partial charge in [0.15, 0.2) is 17.3 Å². The maximum Gasteiger partial charge on any atom is 0.341 e. The third-order valence-corrected chi connectivity index (χ3v) is 6.10. The summed E-state index contributed by atoms with van der Waals surface area (Å²) in [6.45, 7) is 2.31. The number of benzene rings is 1. The van der Waals surface area contributed by atoms with Crippen molar-refractivity contribution in [3.05, 3.63) is 57.6 Å². The number of anilines is 2. The molecule has 3 aromatic rings. The molecule has 1 aliphatic rings. The number of carboxylic acid groups (broad SMARTS) is 1. The van der Waals surface area contributed by atoms with E-state index in [1.165, 1.54) is 35.8 Å². The Balaban J connectivity index is 1.98. The monoisotopic (exact) mass is 475 g/mol. The van der Waals surface area contributed by atoms with Crippen molar-refractivity contribution < 1.29 is 22.7 Å². The van der Waals surface area contributed by atoms with Crippen molar-refractivity contribution in [1.29, 1.82) is 0 Å². The zero-order valence-corrected chi connectivity index (χ0v) is 18.7. The van der Waals surface area contributed by atoms with Gasteiger partial charge >= 0.3 is 5.97 Å². The van der Waals surface area contributed by atoms with Gasteiger partial charge in [-0.25, -0.2) is 22.6 Å². The predicted octanol–water partition coefficient (Wildman–Crippen LogP) is 1.44. The fraction of sp³-hybridized carbons (Fsp3) is 0.286. The molecule has 2 aromatic heterocycles. The van der Waals surface area contributed by atoms with Gasteiger partial charge in [0.1, 0.15) is 5.56 Å². The van der Waals surface area contributed by atoms with Crippen LogP contribution < -0.4 is 20.8 Å². The third-order valence-electron chi connectivity index (χ3n) is 5.50. The van der Waals surface area contributed by atoms with Crippen molar-refractivity contribution in [1.82, 2.24) is 9.55 Å². The Morgan fingerprint density at radius 3 is 2.52 bits per heavy atom. The minimum atomic E-state index is -3.49. The number of nitrogens with two attached hydrogens (primary N) is 1. The highest BCUT2D eigenvalue weighted by molar-refractivity contribution is 7.92. The van der Waals surface area contributed by atoms with Crippen LogP contribution in [-0.4, -0.2) is 54.4 Å². The highest BCUT2D eigenvalue weighted by Gasteiger charge is 2.27. The second-order valence-corrected chi connectivity index (χ2v) is 9.78. The molecule has 1 fully saturated rings. The zero-order chi connectivity index (χ0) is 24.1. The molecule has 0 radical (unpaired) electrons. The second kappa shape index (κ2) is 8.12. The summed E-state index contributed by atoms with van der Waals surface area (Å²) in [7, 11) is -3.49. The van der Waals surface area contributed by atoms with E-state index in [1.54, 1.807) is 4.90 Å². The molecule has 1 aromatic carbocycles. The summed E-state index contributed by atoms with van der Waals surface area (Å²) in [5, 5.41) is 9.42. The number of halogens is 1. The van der Waals surface area contributed by atoms with Crippen LogP contribution in [0, 0.1) is 12.7 Å². The van der Waals surface area contributed by atoms with Crippen LogP contribution in [0.4, 0.5) is 15.9 Å². The number of hydrogen-bond acceptors (Lipinski definition) is 7. The summed E-state index contributed by atoms with van der Waals surface area (Å²) >= 11 is 0. The zero-order valence-electron chi connectivity index (χ0n) is 17.9. The van der Waals surface area contributed by atoms with E-state index in [2.05, 4.69) is 9.71 Å². The average molecular weight is 476 g/mol. The maximum atomic E-state index is 15.3. The van der Waals surface area contributed by atoms with Gasteiger partial charge in [-0.1, -0.05) is 0 Å². The number of carboxylic acids is 1. The van der Waals surface area contributed by atoms with Crippen molar-refractivity contribution in [2.24, 2.45) is 5.73 Å². The molecule has 12 heteroatoms. The van der Waals surface area contributed by atoms with Crippen molar-refractivity contribution in [3.8, 4) is 5.69 Å². The molecule has 0 bridgehead atoms. The quantitative estimate of drug-likeness (QED) is 0.502. The number of hydrogen-bond donors (Lipinski definition) is 3. The van der Waals surface area contributed by atoms with Crippen LogP contribution in [0.15, 0.2) is 35.3 Å². The van der Waals surface area contributed by atoms with Crippen LogP contribution in [-0.2, 0) is 10.0 Å². The van der Waals surface area contributed by atoms with E-state index in [4.69, 9.17) is 5.73 Å². The number of nitrogens with zero attached hydrogens (tertiary/aromatic N) is 3. The largest absolute Gasteiger partial charge is 0.477 e. The van der Waals surface area contributed by atoms with E-state index in [0.29, 0.717) is 30.9 Å². The number of fused-ring (bicyclic) bond motifs is 1. The minimum Gasteiger partial charge on any atom is -0.477 e. The van der Waals surface area contributed by atoms with Crippen LogP contribution in [0.2, 0.25) is 0 Å². The minimum absolute atomic E-state index is 0.00677. The van der Waals surface area contributed by atoms with Gasteiger partial charge in [0, 0.05) is 42.3 Å². The van der Waals surface area contributed by atoms with Crippen molar-refractivity contribution in [2.75, 3.05) is 29.0 Å². The van der Waals surface area contributed by atoms with Crippen LogP contribution in [0.3, 0.4) is 0 Å². The molecular formula is C21H22FN5O5S. The lowest BCUT2D eigenvalue weighted by Crippen LogP contribution is -2.28. The predicted molar refractivity (Wildman–Crippen MR) is 122 cm³/mol. The molecular weight excluding hydrogens is 453 g/mol. The highest BCUT2D eigenvalue weighted by Crippen LogP contribution is 2.29. The topological polar surface area (TPSA) is 148 Å². The van der Waals surface area contributed by atoms with Crippen LogP contribution >= 0.6 is 0 Å². The van der Waals surface area contributed by atoms with Gasteiger partial charge in [0.2, 0.25) is 15.5 Å². The summed E-state index contributed by atoms with van der Waals surface area (Å²) in [5.74, 6) is -2.12. The summed E-state index contributed by atoms with van der Waals surface area (Å²) in [4.78, 5) is 30.8. The number of carbonyl (C=O) groups is 1. The maximum absolute atomic E-state index is 15.3. The van der Waals surface area contributed by atoms with Crippen molar-refractivity contribution in [2.45, 2.75) is 19.4 Å². The Morgan fingerprint density at radius 1 is 1.30 bits per heavy atom. The van der Waals surface area contributed by atoms with E-state index in [9.17, 15) is 23.1 Å². The normalized spacial score (nSPS) is 16.4. The van der Waals surface area contributed by atoms with Crippen LogP contribution in [0.25, 0.3) is 16.7 Å². The lowest BCUT2D eigenvalue weighted by Gasteiger charge is -2.21. The molecule has 33 heavy (non-hydrogen) atoms. The Kier molecular flexibility index (Phi) is 5.58. The van der Waals surface area contributed by atoms with Gasteiger partial charge in [-0.3, -0.25) is 9.52 Å². The molecule has 4 N–H and O–H groups in total. The molecule has 174 valence electrons. The standard InChI is InChI=1S/C21H22FN5O5S/c1-11-16-18(28)15(21(29)30)10-27(14-5-3-13(4-6-14)25-33(2,31)32)19(16)24-20(17(11)22)26-8-7-12(23)9-26/h3-6,10,12,25H,7-9,23H2,1-2H3,(H,29,30)/t12-/m0/s1. The first kappa shape index (κ1) is 22.7. The molecule has 0 spiro atoms. The molecule has 3 heterocycles. The SMILES string of the molecule is Cc1c(F)c(N2CC[C@H](N)C2)nc2c1c(=O)c(C(=O)O)cn2-c1ccc(NS(C)(=O)=O)cc1. The summed E-state index contributed by atoms with van der Waals surface area (Å²) in [6, 6.07) is 5.91. The molecule has 0 unspecified atom stereocenters.